The lowest BCUT2D eigenvalue weighted by atomic mass is 9.94. The number of aliphatic carboxylic acids is 1. The standard InChI is InChI=1S/C15H19NO3/c1-15(2,14(18)19)9-16-13(17)12-8-11(12)10-6-4-3-5-7-10/h3-7,11-12H,8-9H2,1-2H3,(H,16,17)(H,18,19). The highest BCUT2D eigenvalue weighted by Crippen LogP contribution is 2.47. The van der Waals surface area contributed by atoms with Gasteiger partial charge in [0.1, 0.15) is 0 Å². The van der Waals surface area contributed by atoms with Gasteiger partial charge in [0.25, 0.3) is 0 Å². The van der Waals surface area contributed by atoms with E-state index in [0.29, 0.717) is 0 Å². The first-order valence-electron chi connectivity index (χ1n) is 6.48. The maximum Gasteiger partial charge on any atom is 0.310 e. The van der Waals surface area contributed by atoms with E-state index in [-0.39, 0.29) is 24.3 Å². The molecular formula is C15H19NO3. The molecule has 1 aliphatic carbocycles. The molecule has 1 fully saturated rings. The normalized spacial score (nSPS) is 21.8. The number of carbonyl (C=O) groups excluding carboxylic acids is 1. The van der Waals surface area contributed by atoms with Gasteiger partial charge >= 0.3 is 5.97 Å². The van der Waals surface area contributed by atoms with Gasteiger partial charge in [-0.15, -0.1) is 0 Å². The molecule has 4 nitrogen and oxygen atoms in total. The minimum absolute atomic E-state index is 0.00741. The summed E-state index contributed by atoms with van der Waals surface area (Å²) in [5.74, 6) is -0.660. The molecular weight excluding hydrogens is 242 g/mol. The molecule has 19 heavy (non-hydrogen) atoms. The van der Waals surface area contributed by atoms with Crippen LogP contribution in [0, 0.1) is 11.3 Å². The van der Waals surface area contributed by atoms with E-state index >= 15 is 0 Å². The third-order valence-electron chi connectivity index (χ3n) is 3.64. The van der Waals surface area contributed by atoms with Gasteiger partial charge < -0.3 is 10.4 Å². The van der Waals surface area contributed by atoms with E-state index in [1.807, 2.05) is 30.3 Å². The minimum atomic E-state index is -0.924. The van der Waals surface area contributed by atoms with Crippen molar-refractivity contribution in [2.24, 2.45) is 11.3 Å². The van der Waals surface area contributed by atoms with Gasteiger partial charge in [-0.05, 0) is 31.7 Å². The van der Waals surface area contributed by atoms with Crippen LogP contribution in [0.1, 0.15) is 31.7 Å². The summed E-state index contributed by atoms with van der Waals surface area (Å²) in [6.45, 7) is 3.38. The molecule has 0 saturated heterocycles. The molecule has 102 valence electrons. The summed E-state index contributed by atoms with van der Waals surface area (Å²) in [5, 5.41) is 11.7. The molecule has 2 N–H and O–H groups in total. The van der Waals surface area contributed by atoms with Gasteiger partial charge in [0.2, 0.25) is 5.91 Å². The van der Waals surface area contributed by atoms with Crippen molar-refractivity contribution >= 4 is 11.9 Å². The van der Waals surface area contributed by atoms with Gasteiger partial charge in [0.05, 0.1) is 5.41 Å². The van der Waals surface area contributed by atoms with Gasteiger partial charge in [-0.3, -0.25) is 9.59 Å². The first kappa shape index (κ1) is 13.6. The van der Waals surface area contributed by atoms with Gasteiger partial charge in [-0.25, -0.2) is 0 Å². The van der Waals surface area contributed by atoms with Gasteiger partial charge in [0.15, 0.2) is 0 Å². The van der Waals surface area contributed by atoms with Crippen molar-refractivity contribution in [1.29, 1.82) is 0 Å². The number of carboxylic acids is 1. The van der Waals surface area contributed by atoms with Gasteiger partial charge in [-0.1, -0.05) is 30.3 Å². The molecule has 0 bridgehead atoms. The zero-order valence-electron chi connectivity index (χ0n) is 11.2. The predicted molar refractivity (Wildman–Crippen MR) is 71.7 cm³/mol. The van der Waals surface area contributed by atoms with Crippen LogP contribution < -0.4 is 5.32 Å². The lowest BCUT2D eigenvalue weighted by molar-refractivity contribution is -0.146. The molecule has 1 aromatic rings. The highest BCUT2D eigenvalue weighted by Gasteiger charge is 2.44. The average Bonchev–Trinajstić information content (AvgIpc) is 3.17. The van der Waals surface area contributed by atoms with Crippen LogP contribution in [0.4, 0.5) is 0 Å². The Balaban J connectivity index is 1.86. The Morgan fingerprint density at radius 2 is 1.95 bits per heavy atom. The van der Waals surface area contributed by atoms with Crippen LogP contribution in [0.25, 0.3) is 0 Å². The van der Waals surface area contributed by atoms with Crippen LogP contribution >= 0.6 is 0 Å². The maximum absolute atomic E-state index is 12.0. The van der Waals surface area contributed by atoms with Crippen molar-refractivity contribution in [2.75, 3.05) is 6.54 Å². The summed E-state index contributed by atoms with van der Waals surface area (Å²) >= 11 is 0. The smallest absolute Gasteiger partial charge is 0.310 e. The number of hydrogen-bond donors (Lipinski definition) is 2. The SMILES string of the molecule is CC(C)(CNC(=O)C1CC1c1ccccc1)C(=O)O. The molecule has 1 amide bonds. The van der Waals surface area contributed by atoms with Crippen molar-refractivity contribution in [1.82, 2.24) is 5.32 Å². The van der Waals surface area contributed by atoms with E-state index in [9.17, 15) is 9.59 Å². The third-order valence-corrected chi connectivity index (χ3v) is 3.64. The zero-order valence-corrected chi connectivity index (χ0v) is 11.2. The second kappa shape index (κ2) is 5.03. The monoisotopic (exact) mass is 261 g/mol. The summed E-state index contributed by atoms with van der Waals surface area (Å²) in [7, 11) is 0. The molecule has 2 atom stereocenters. The van der Waals surface area contributed by atoms with Crippen molar-refractivity contribution in [2.45, 2.75) is 26.2 Å². The highest BCUT2D eigenvalue weighted by molar-refractivity contribution is 5.83. The Hall–Kier alpha value is -1.84. The quantitative estimate of drug-likeness (QED) is 0.852. The minimum Gasteiger partial charge on any atom is -0.481 e. The van der Waals surface area contributed by atoms with Crippen LogP contribution in [0.3, 0.4) is 0 Å². The average molecular weight is 261 g/mol. The fourth-order valence-corrected chi connectivity index (χ4v) is 2.07. The number of rotatable bonds is 5. The maximum atomic E-state index is 12.0. The Morgan fingerprint density at radius 1 is 1.32 bits per heavy atom. The fourth-order valence-electron chi connectivity index (χ4n) is 2.07. The fraction of sp³-hybridized carbons (Fsp3) is 0.467. The largest absolute Gasteiger partial charge is 0.481 e. The lowest BCUT2D eigenvalue weighted by Gasteiger charge is -2.19. The van der Waals surface area contributed by atoms with Crippen LogP contribution in [-0.2, 0) is 9.59 Å². The molecule has 0 aromatic heterocycles. The molecule has 0 spiro atoms. The van der Waals surface area contributed by atoms with Crippen LogP contribution in [-0.4, -0.2) is 23.5 Å². The van der Waals surface area contributed by atoms with Crippen molar-refractivity contribution in [3.8, 4) is 0 Å². The number of nitrogens with one attached hydrogen (secondary N) is 1. The van der Waals surface area contributed by atoms with E-state index in [1.54, 1.807) is 13.8 Å². The predicted octanol–water partition coefficient (Wildman–Crippen LogP) is 2.02. The topological polar surface area (TPSA) is 66.4 Å². The second-order valence-electron chi connectivity index (χ2n) is 5.77. The first-order chi connectivity index (χ1) is 8.92. The molecule has 1 saturated carbocycles. The van der Waals surface area contributed by atoms with Crippen LogP contribution in [0.5, 0.6) is 0 Å². The van der Waals surface area contributed by atoms with Crippen LogP contribution in [0.15, 0.2) is 30.3 Å². The van der Waals surface area contributed by atoms with Crippen molar-refractivity contribution in [3.05, 3.63) is 35.9 Å². The van der Waals surface area contributed by atoms with E-state index in [2.05, 4.69) is 5.32 Å². The summed E-state index contributed by atoms with van der Waals surface area (Å²) < 4.78 is 0. The molecule has 0 heterocycles. The Labute approximate surface area is 112 Å². The van der Waals surface area contributed by atoms with Crippen molar-refractivity contribution < 1.29 is 14.7 Å². The molecule has 1 aliphatic rings. The van der Waals surface area contributed by atoms with Crippen LogP contribution in [0.2, 0.25) is 0 Å². The molecule has 1 aromatic carbocycles. The van der Waals surface area contributed by atoms with Crippen molar-refractivity contribution in [3.63, 3.8) is 0 Å². The number of carboxylic acid groups (broad SMARTS) is 1. The van der Waals surface area contributed by atoms with E-state index in [0.717, 1.165) is 6.42 Å². The Bertz CT molecular complexity index is 481. The van der Waals surface area contributed by atoms with E-state index in [1.165, 1.54) is 5.56 Å². The number of hydrogen-bond acceptors (Lipinski definition) is 2. The molecule has 4 heteroatoms. The highest BCUT2D eigenvalue weighted by atomic mass is 16.4. The number of amides is 1. The van der Waals surface area contributed by atoms with E-state index < -0.39 is 11.4 Å². The molecule has 2 unspecified atom stereocenters. The summed E-state index contributed by atoms with van der Waals surface area (Å²) in [5.41, 5.74) is 0.257. The molecule has 2 rings (SSSR count). The third kappa shape index (κ3) is 3.13. The summed E-state index contributed by atoms with van der Waals surface area (Å²) in [6, 6.07) is 9.95. The zero-order chi connectivity index (χ0) is 14.0. The number of carbonyl (C=O) groups is 2. The Morgan fingerprint density at radius 3 is 2.53 bits per heavy atom. The molecule has 0 aliphatic heterocycles. The summed E-state index contributed by atoms with van der Waals surface area (Å²) in [4.78, 5) is 22.9. The first-order valence-corrected chi connectivity index (χ1v) is 6.48. The lowest BCUT2D eigenvalue weighted by Crippen LogP contribution is -2.39. The van der Waals surface area contributed by atoms with Gasteiger partial charge in [0, 0.05) is 12.5 Å². The Kier molecular flexibility index (Phi) is 3.60. The number of benzene rings is 1. The summed E-state index contributed by atoms with van der Waals surface area (Å²) in [6.07, 6.45) is 0.851. The second-order valence-corrected chi connectivity index (χ2v) is 5.77. The van der Waals surface area contributed by atoms with Gasteiger partial charge in [-0.2, -0.15) is 0 Å². The van der Waals surface area contributed by atoms with E-state index in [4.69, 9.17) is 5.11 Å². The molecule has 0 radical (unpaired) electrons.